The van der Waals surface area contributed by atoms with Crippen LogP contribution in [0.5, 0.6) is 5.75 Å². The van der Waals surface area contributed by atoms with Crippen molar-refractivity contribution in [1.29, 1.82) is 0 Å². The van der Waals surface area contributed by atoms with Crippen molar-refractivity contribution in [3.8, 4) is 28.5 Å². The van der Waals surface area contributed by atoms with Gasteiger partial charge in [0.15, 0.2) is 0 Å². The van der Waals surface area contributed by atoms with E-state index >= 15 is 0 Å². The molecule has 1 N–H and O–H groups in total. The Morgan fingerprint density at radius 3 is 2.21 bits per heavy atom. The molecule has 6 nitrogen and oxygen atoms in total. The fourth-order valence-corrected chi connectivity index (χ4v) is 4.67. The molecule has 0 bridgehead atoms. The van der Waals surface area contributed by atoms with Gasteiger partial charge in [0.1, 0.15) is 17.6 Å². The molecule has 0 saturated carbocycles. The van der Waals surface area contributed by atoms with Gasteiger partial charge >= 0.3 is 5.97 Å². The van der Waals surface area contributed by atoms with E-state index in [9.17, 15) is 9.90 Å². The Kier molecular flexibility index (Phi) is 7.40. The molecule has 2 aromatic heterocycles. The van der Waals surface area contributed by atoms with Crippen molar-refractivity contribution in [2.45, 2.75) is 32.7 Å². The second kappa shape index (κ2) is 11.2. The lowest BCUT2D eigenvalue weighted by molar-refractivity contribution is -0.140. The summed E-state index contributed by atoms with van der Waals surface area (Å²) in [5.74, 6) is 1.27. The largest absolute Gasteiger partial charge is 0.493 e. The highest BCUT2D eigenvalue weighted by atomic mass is 16.5. The summed E-state index contributed by atoms with van der Waals surface area (Å²) >= 11 is 0. The van der Waals surface area contributed by atoms with Crippen LogP contribution in [0, 0.1) is 13.8 Å². The molecule has 0 aliphatic heterocycles. The summed E-state index contributed by atoms with van der Waals surface area (Å²) in [6.45, 7) is 4.32. The maximum Gasteiger partial charge on any atom is 0.327 e. The van der Waals surface area contributed by atoms with Crippen LogP contribution in [0.2, 0.25) is 0 Å². The highest BCUT2D eigenvalue weighted by molar-refractivity contribution is 5.75. The first kappa shape index (κ1) is 25.1. The summed E-state index contributed by atoms with van der Waals surface area (Å²) in [5, 5.41) is 10.1. The van der Waals surface area contributed by atoms with Crippen LogP contribution in [0.25, 0.3) is 22.7 Å². The molecule has 0 saturated heterocycles. The number of carboxylic acids is 1. The van der Waals surface area contributed by atoms with E-state index in [0.717, 1.165) is 45.3 Å². The number of benzene rings is 3. The molecule has 1 atom stereocenters. The number of hydrogen-bond acceptors (Lipinski definition) is 4. The molecular weight excluding hydrogens is 476 g/mol. The van der Waals surface area contributed by atoms with E-state index in [1.165, 1.54) is 0 Å². The Morgan fingerprint density at radius 2 is 1.55 bits per heavy atom. The summed E-state index contributed by atoms with van der Waals surface area (Å²) in [5.41, 5.74) is 5.56. The molecule has 5 rings (SSSR count). The van der Waals surface area contributed by atoms with Gasteiger partial charge in [-0.15, -0.1) is 0 Å². The van der Waals surface area contributed by atoms with E-state index in [1.54, 1.807) is 0 Å². The van der Waals surface area contributed by atoms with Crippen LogP contribution < -0.4 is 4.74 Å². The van der Waals surface area contributed by atoms with E-state index in [-0.39, 0.29) is 0 Å². The Balaban J connectivity index is 1.23. The minimum absolute atomic E-state index is 0.366. The zero-order valence-corrected chi connectivity index (χ0v) is 21.5. The Hall–Kier alpha value is -4.58. The average molecular weight is 507 g/mol. The van der Waals surface area contributed by atoms with Crippen LogP contribution in [0.15, 0.2) is 101 Å². The third-order valence-corrected chi connectivity index (χ3v) is 6.66. The maximum absolute atomic E-state index is 12.3. The first-order valence-electron chi connectivity index (χ1n) is 12.7. The second-order valence-corrected chi connectivity index (χ2v) is 9.28. The Morgan fingerprint density at radius 1 is 0.895 bits per heavy atom. The molecule has 3 aromatic carbocycles. The van der Waals surface area contributed by atoms with Crippen LogP contribution in [0.1, 0.15) is 28.8 Å². The van der Waals surface area contributed by atoms with Crippen LogP contribution in [0.4, 0.5) is 0 Å². The number of oxazole rings is 1. The van der Waals surface area contributed by atoms with Gasteiger partial charge < -0.3 is 18.8 Å². The van der Waals surface area contributed by atoms with Crippen molar-refractivity contribution in [1.82, 2.24) is 9.55 Å². The fraction of sp³-hybridized carbons (Fsp3) is 0.188. The lowest BCUT2D eigenvalue weighted by atomic mass is 10.0. The van der Waals surface area contributed by atoms with Gasteiger partial charge in [-0.3, -0.25) is 0 Å². The normalized spacial score (nSPS) is 11.8. The van der Waals surface area contributed by atoms with Gasteiger partial charge in [0.2, 0.25) is 5.89 Å². The zero-order chi connectivity index (χ0) is 26.5. The molecule has 0 fully saturated rings. The number of aromatic nitrogens is 2. The first-order valence-corrected chi connectivity index (χ1v) is 12.7. The molecule has 0 spiro atoms. The van der Waals surface area contributed by atoms with Gasteiger partial charge in [-0.25, -0.2) is 9.78 Å². The lowest BCUT2D eigenvalue weighted by Gasteiger charge is -2.20. The van der Waals surface area contributed by atoms with Gasteiger partial charge in [-0.2, -0.15) is 0 Å². The van der Waals surface area contributed by atoms with Gasteiger partial charge in [-0.1, -0.05) is 60.7 Å². The minimum Gasteiger partial charge on any atom is -0.493 e. The molecule has 2 heterocycles. The van der Waals surface area contributed by atoms with E-state index in [0.29, 0.717) is 25.3 Å². The SMILES string of the molecule is Cc1oc(-c2ccccc2)nc1CCOc1ccc(C[C@@H](C(=O)O)n2c(C)ccc2-c2ccccc2)cc1. The van der Waals surface area contributed by atoms with E-state index in [1.807, 2.05) is 115 Å². The molecule has 0 radical (unpaired) electrons. The minimum atomic E-state index is -0.861. The smallest absolute Gasteiger partial charge is 0.327 e. The first-order chi connectivity index (χ1) is 18.5. The molecule has 0 aliphatic rings. The highest BCUT2D eigenvalue weighted by Gasteiger charge is 2.24. The maximum atomic E-state index is 12.3. The van der Waals surface area contributed by atoms with Gasteiger partial charge in [0.05, 0.1) is 12.3 Å². The molecule has 38 heavy (non-hydrogen) atoms. The fourth-order valence-electron chi connectivity index (χ4n) is 4.67. The zero-order valence-electron chi connectivity index (χ0n) is 21.5. The number of rotatable bonds is 10. The monoisotopic (exact) mass is 506 g/mol. The number of nitrogens with zero attached hydrogens (tertiary/aromatic N) is 2. The number of carboxylic acid groups (broad SMARTS) is 1. The molecule has 0 aliphatic carbocycles. The highest BCUT2D eigenvalue weighted by Crippen LogP contribution is 2.29. The van der Waals surface area contributed by atoms with E-state index < -0.39 is 12.0 Å². The number of carbonyl (C=O) groups is 1. The van der Waals surface area contributed by atoms with Crippen molar-refractivity contribution >= 4 is 5.97 Å². The summed E-state index contributed by atoms with van der Waals surface area (Å²) in [6.07, 6.45) is 0.992. The second-order valence-electron chi connectivity index (χ2n) is 9.28. The topological polar surface area (TPSA) is 77.5 Å². The Bertz CT molecular complexity index is 1500. The summed E-state index contributed by atoms with van der Waals surface area (Å²) in [7, 11) is 0. The van der Waals surface area contributed by atoms with Crippen molar-refractivity contribution in [2.24, 2.45) is 0 Å². The lowest BCUT2D eigenvalue weighted by Crippen LogP contribution is -2.23. The number of hydrogen-bond donors (Lipinski definition) is 1. The van der Waals surface area contributed by atoms with Gasteiger partial charge in [-0.05, 0) is 61.4 Å². The van der Waals surface area contributed by atoms with E-state index in [4.69, 9.17) is 9.15 Å². The van der Waals surface area contributed by atoms with Gasteiger partial charge in [0.25, 0.3) is 0 Å². The van der Waals surface area contributed by atoms with Crippen LogP contribution >= 0.6 is 0 Å². The quantitative estimate of drug-likeness (QED) is 0.223. The average Bonchev–Trinajstić information content (AvgIpc) is 3.51. The third kappa shape index (κ3) is 5.54. The molecule has 0 amide bonds. The van der Waals surface area contributed by atoms with E-state index in [2.05, 4.69) is 4.98 Å². The number of aliphatic carboxylic acids is 1. The van der Waals surface area contributed by atoms with Crippen LogP contribution in [-0.2, 0) is 17.6 Å². The standard InChI is InChI=1S/C32H30N2O4/c1-22-13-18-29(25-9-5-3-6-10-25)34(22)30(32(35)36)21-24-14-16-27(17-15-24)37-20-19-28-23(2)38-31(33-28)26-11-7-4-8-12-26/h3-18,30H,19-21H2,1-2H3,(H,35,36)/t30-/m0/s1. The van der Waals surface area contributed by atoms with Crippen molar-refractivity contribution in [3.05, 3.63) is 120 Å². The summed E-state index contributed by atoms with van der Waals surface area (Å²) in [4.78, 5) is 17.0. The molecule has 0 unspecified atom stereocenters. The van der Waals surface area contributed by atoms with Crippen LogP contribution in [0.3, 0.4) is 0 Å². The third-order valence-electron chi connectivity index (χ3n) is 6.66. The summed E-state index contributed by atoms with van der Waals surface area (Å²) < 4.78 is 13.7. The molecule has 5 aromatic rings. The summed E-state index contributed by atoms with van der Waals surface area (Å²) in [6, 6.07) is 30.6. The predicted molar refractivity (Wildman–Crippen MR) is 147 cm³/mol. The number of aryl methyl sites for hydroxylation is 2. The Labute approximate surface area is 222 Å². The van der Waals surface area contributed by atoms with Crippen LogP contribution in [-0.4, -0.2) is 27.2 Å². The van der Waals surface area contributed by atoms with Crippen molar-refractivity contribution in [2.75, 3.05) is 6.61 Å². The molecule has 6 heteroatoms. The van der Waals surface area contributed by atoms with Gasteiger partial charge in [0, 0.05) is 29.8 Å². The molecule has 192 valence electrons. The number of ether oxygens (including phenoxy) is 1. The van der Waals surface area contributed by atoms with Crippen molar-refractivity contribution < 1.29 is 19.1 Å². The predicted octanol–water partition coefficient (Wildman–Crippen LogP) is 6.92. The molecular formula is C32H30N2O4. The van der Waals surface area contributed by atoms with Crippen molar-refractivity contribution in [3.63, 3.8) is 0 Å².